The Morgan fingerprint density at radius 2 is 1.58 bits per heavy atom. The number of halogens is 6. The van der Waals surface area contributed by atoms with Crippen molar-refractivity contribution in [2.75, 3.05) is 18.0 Å². The fourth-order valence-electron chi connectivity index (χ4n) is 1.86. The molecule has 1 aromatic rings. The predicted octanol–water partition coefficient (Wildman–Crippen LogP) is 3.34. The predicted molar refractivity (Wildman–Crippen MR) is 55.9 cm³/mol. The van der Waals surface area contributed by atoms with Crippen molar-refractivity contribution in [2.45, 2.75) is 25.2 Å². The minimum absolute atomic E-state index is 0.0212. The van der Waals surface area contributed by atoms with E-state index in [9.17, 15) is 26.3 Å². The van der Waals surface area contributed by atoms with Crippen molar-refractivity contribution in [1.82, 2.24) is 10.2 Å². The van der Waals surface area contributed by atoms with Gasteiger partial charge in [0, 0.05) is 13.1 Å². The molecule has 0 bridgehead atoms. The van der Waals surface area contributed by atoms with Crippen LogP contribution < -0.4 is 4.90 Å². The molecule has 0 atom stereocenters. The summed E-state index contributed by atoms with van der Waals surface area (Å²) >= 11 is 0.353. The van der Waals surface area contributed by atoms with Gasteiger partial charge in [-0.25, -0.2) is 0 Å². The molecular formula is C9H9F6N3S. The van der Waals surface area contributed by atoms with E-state index in [4.69, 9.17) is 0 Å². The lowest BCUT2D eigenvalue weighted by molar-refractivity contribution is -0.179. The van der Waals surface area contributed by atoms with Gasteiger partial charge in [-0.2, -0.15) is 26.3 Å². The van der Waals surface area contributed by atoms with Crippen LogP contribution in [0.5, 0.6) is 0 Å². The van der Waals surface area contributed by atoms with Crippen molar-refractivity contribution in [3.05, 3.63) is 5.01 Å². The first-order valence-corrected chi connectivity index (χ1v) is 6.22. The molecule has 108 valence electrons. The smallest absolute Gasteiger partial charge is 0.347 e. The second-order valence-corrected chi connectivity index (χ2v) is 5.15. The molecule has 1 aliphatic heterocycles. The van der Waals surface area contributed by atoms with Gasteiger partial charge in [0.05, 0.1) is 5.92 Å². The van der Waals surface area contributed by atoms with Crippen LogP contribution in [0.15, 0.2) is 0 Å². The Kier molecular flexibility index (Phi) is 3.63. The van der Waals surface area contributed by atoms with Crippen LogP contribution in [0.25, 0.3) is 0 Å². The fraction of sp³-hybridized carbons (Fsp3) is 0.778. The first-order chi connectivity index (χ1) is 8.68. The van der Waals surface area contributed by atoms with Crippen LogP contribution in [0.2, 0.25) is 0 Å². The maximum atomic E-state index is 12.4. The van der Waals surface area contributed by atoms with E-state index in [-0.39, 0.29) is 31.1 Å². The minimum Gasteiger partial charge on any atom is -0.347 e. The number of aromatic nitrogens is 2. The van der Waals surface area contributed by atoms with Crippen LogP contribution in [0.1, 0.15) is 17.8 Å². The normalized spacial score (nSPS) is 18.9. The first kappa shape index (κ1) is 14.4. The third-order valence-corrected chi connectivity index (χ3v) is 3.91. The molecule has 0 aromatic carbocycles. The van der Waals surface area contributed by atoms with E-state index in [1.807, 2.05) is 0 Å². The van der Waals surface area contributed by atoms with Crippen molar-refractivity contribution in [2.24, 2.45) is 5.92 Å². The van der Waals surface area contributed by atoms with Crippen LogP contribution in [0.3, 0.4) is 0 Å². The van der Waals surface area contributed by atoms with Gasteiger partial charge in [-0.05, 0) is 12.8 Å². The molecule has 1 saturated heterocycles. The molecule has 2 rings (SSSR count). The summed E-state index contributed by atoms with van der Waals surface area (Å²) in [6.07, 6.45) is -9.08. The van der Waals surface area contributed by atoms with E-state index in [2.05, 4.69) is 10.2 Å². The van der Waals surface area contributed by atoms with Crippen LogP contribution in [0.4, 0.5) is 31.5 Å². The van der Waals surface area contributed by atoms with Crippen LogP contribution in [0, 0.1) is 5.92 Å². The molecule has 1 fully saturated rings. The Labute approximate surface area is 108 Å². The summed E-state index contributed by atoms with van der Waals surface area (Å²) in [7, 11) is 0. The lowest BCUT2D eigenvalue weighted by atomic mass is 9.97. The number of hydrogen-bond donors (Lipinski definition) is 0. The van der Waals surface area contributed by atoms with E-state index < -0.39 is 23.3 Å². The highest BCUT2D eigenvalue weighted by Crippen LogP contribution is 2.38. The summed E-state index contributed by atoms with van der Waals surface area (Å²) in [5.41, 5.74) is 0. The van der Waals surface area contributed by atoms with Crippen molar-refractivity contribution >= 4 is 16.5 Å². The van der Waals surface area contributed by atoms with E-state index >= 15 is 0 Å². The molecule has 0 N–H and O–H groups in total. The number of alkyl halides is 6. The average Bonchev–Trinajstić information content (AvgIpc) is 2.77. The number of piperidine rings is 1. The third kappa shape index (κ3) is 3.28. The van der Waals surface area contributed by atoms with E-state index in [0.29, 0.717) is 11.3 Å². The molecule has 19 heavy (non-hydrogen) atoms. The number of rotatable bonds is 1. The fourth-order valence-corrected chi connectivity index (χ4v) is 2.62. The highest BCUT2D eigenvalue weighted by atomic mass is 32.1. The van der Waals surface area contributed by atoms with Crippen LogP contribution in [-0.4, -0.2) is 29.5 Å². The summed E-state index contributed by atoms with van der Waals surface area (Å²) in [6.45, 7) is 0.0767. The Balaban J connectivity index is 2.00. The maximum absolute atomic E-state index is 12.4. The Morgan fingerprint density at radius 1 is 1.00 bits per heavy atom. The van der Waals surface area contributed by atoms with Gasteiger partial charge in [0.25, 0.3) is 0 Å². The standard InChI is InChI=1S/C9H9F6N3S/c10-8(11,12)5-1-3-18(4-2-5)7-17-16-6(19-7)9(13,14)15/h5H,1-4H2. The van der Waals surface area contributed by atoms with Gasteiger partial charge in [0.15, 0.2) is 0 Å². The van der Waals surface area contributed by atoms with Crippen LogP contribution >= 0.6 is 11.3 Å². The SMILES string of the molecule is FC(F)(F)c1nnc(N2CCC(C(F)(F)F)CC2)s1. The van der Waals surface area contributed by atoms with Gasteiger partial charge >= 0.3 is 12.4 Å². The molecule has 0 amide bonds. The lowest BCUT2D eigenvalue weighted by Gasteiger charge is -2.32. The second kappa shape index (κ2) is 4.80. The monoisotopic (exact) mass is 305 g/mol. The van der Waals surface area contributed by atoms with E-state index in [0.717, 1.165) is 0 Å². The van der Waals surface area contributed by atoms with Gasteiger partial charge in [-0.15, -0.1) is 10.2 Å². The molecule has 0 spiro atoms. The molecule has 1 aromatic heterocycles. The van der Waals surface area contributed by atoms with Gasteiger partial charge in [-0.1, -0.05) is 11.3 Å². The largest absolute Gasteiger partial charge is 0.445 e. The zero-order valence-electron chi connectivity index (χ0n) is 9.42. The summed E-state index contributed by atoms with van der Waals surface area (Å²) in [5, 5.41) is 5.34. The summed E-state index contributed by atoms with van der Waals surface area (Å²) in [4.78, 5) is 1.41. The zero-order valence-corrected chi connectivity index (χ0v) is 10.2. The topological polar surface area (TPSA) is 29.0 Å². The summed E-state index contributed by atoms with van der Waals surface area (Å²) in [6, 6.07) is 0. The molecular weight excluding hydrogens is 296 g/mol. The van der Waals surface area contributed by atoms with Crippen molar-refractivity contribution in [3.8, 4) is 0 Å². The number of hydrogen-bond acceptors (Lipinski definition) is 4. The lowest BCUT2D eigenvalue weighted by Crippen LogP contribution is -2.38. The molecule has 0 aliphatic carbocycles. The summed E-state index contributed by atoms with van der Waals surface area (Å²) in [5.74, 6) is -1.39. The number of anilines is 1. The average molecular weight is 305 g/mol. The molecule has 0 unspecified atom stereocenters. The Morgan fingerprint density at radius 3 is 2.00 bits per heavy atom. The molecule has 2 heterocycles. The van der Waals surface area contributed by atoms with Crippen molar-refractivity contribution in [3.63, 3.8) is 0 Å². The molecule has 3 nitrogen and oxygen atoms in total. The molecule has 10 heteroatoms. The number of nitrogens with zero attached hydrogens (tertiary/aromatic N) is 3. The molecule has 0 radical (unpaired) electrons. The molecule has 1 aliphatic rings. The van der Waals surface area contributed by atoms with E-state index in [1.54, 1.807) is 0 Å². The Bertz CT molecular complexity index is 432. The van der Waals surface area contributed by atoms with Gasteiger partial charge in [0.1, 0.15) is 0 Å². The van der Waals surface area contributed by atoms with E-state index in [1.165, 1.54) is 4.90 Å². The summed E-state index contributed by atoms with van der Waals surface area (Å²) < 4.78 is 74.3. The quantitative estimate of drug-likeness (QED) is 0.745. The Hall–Kier alpha value is -1.06. The minimum atomic E-state index is -4.57. The maximum Gasteiger partial charge on any atom is 0.445 e. The second-order valence-electron chi connectivity index (χ2n) is 4.19. The molecule has 0 saturated carbocycles. The van der Waals surface area contributed by atoms with Crippen molar-refractivity contribution in [1.29, 1.82) is 0 Å². The van der Waals surface area contributed by atoms with Crippen molar-refractivity contribution < 1.29 is 26.3 Å². The highest BCUT2D eigenvalue weighted by Gasteiger charge is 2.42. The first-order valence-electron chi connectivity index (χ1n) is 5.40. The zero-order chi connectivity index (χ0) is 14.3. The highest BCUT2D eigenvalue weighted by molar-refractivity contribution is 7.15. The van der Waals surface area contributed by atoms with Gasteiger partial charge in [-0.3, -0.25) is 0 Å². The third-order valence-electron chi connectivity index (χ3n) is 2.89. The van der Waals surface area contributed by atoms with Gasteiger partial charge in [0.2, 0.25) is 10.1 Å². The van der Waals surface area contributed by atoms with Gasteiger partial charge < -0.3 is 4.90 Å². The van der Waals surface area contributed by atoms with Crippen LogP contribution in [-0.2, 0) is 6.18 Å².